The van der Waals surface area contributed by atoms with E-state index >= 15 is 0 Å². The number of fused-ring (bicyclic) bond motifs is 1. The molecule has 1 aromatic carbocycles. The zero-order valence-electron chi connectivity index (χ0n) is 11.4. The summed E-state index contributed by atoms with van der Waals surface area (Å²) in [4.78, 5) is 5.44. The van der Waals surface area contributed by atoms with Crippen LogP contribution in [0.3, 0.4) is 0 Å². The van der Waals surface area contributed by atoms with Crippen molar-refractivity contribution in [1.29, 1.82) is 0 Å². The molecular weight excluding hydrogens is 276 g/mol. The van der Waals surface area contributed by atoms with E-state index in [-0.39, 0.29) is 6.79 Å². The molecule has 0 saturated heterocycles. The molecule has 106 valence electrons. The van der Waals surface area contributed by atoms with Crippen LogP contribution in [0.5, 0.6) is 17.2 Å². The number of methoxy groups -OCH3 is 1. The number of hydrogen-bond donors (Lipinski definition) is 1. The molecule has 0 atom stereocenters. The number of ether oxygens (including phenoxy) is 3. The Morgan fingerprint density at radius 1 is 1.40 bits per heavy atom. The van der Waals surface area contributed by atoms with Gasteiger partial charge in [0, 0.05) is 18.3 Å². The number of anilines is 1. The number of hydrogen-bond acceptors (Lipinski definition) is 6. The minimum Gasteiger partial charge on any atom is -0.493 e. The Labute approximate surface area is 121 Å². The molecule has 2 aromatic rings. The van der Waals surface area contributed by atoms with Gasteiger partial charge in [0.25, 0.3) is 0 Å². The summed E-state index contributed by atoms with van der Waals surface area (Å²) < 4.78 is 16.2. The second-order valence-corrected chi connectivity index (χ2v) is 5.40. The molecular formula is C14H16N2O3S. The fourth-order valence-corrected chi connectivity index (χ4v) is 2.82. The lowest BCUT2D eigenvalue weighted by Crippen LogP contribution is -1.97. The van der Waals surface area contributed by atoms with Crippen LogP contribution in [-0.2, 0) is 0 Å². The van der Waals surface area contributed by atoms with E-state index in [1.807, 2.05) is 18.3 Å². The van der Waals surface area contributed by atoms with Crippen LogP contribution in [0.15, 0.2) is 18.3 Å². The number of nitrogens with one attached hydrogen (secondary N) is 1. The third-order valence-corrected chi connectivity index (χ3v) is 3.98. The van der Waals surface area contributed by atoms with Crippen molar-refractivity contribution in [3.63, 3.8) is 0 Å². The van der Waals surface area contributed by atoms with E-state index in [9.17, 15) is 0 Å². The van der Waals surface area contributed by atoms with Crippen LogP contribution in [0.2, 0.25) is 0 Å². The highest BCUT2D eigenvalue weighted by Crippen LogP contribution is 2.45. The Morgan fingerprint density at radius 3 is 3.10 bits per heavy atom. The molecule has 0 aliphatic carbocycles. The van der Waals surface area contributed by atoms with Crippen LogP contribution in [0.4, 0.5) is 5.13 Å². The number of rotatable bonds is 5. The van der Waals surface area contributed by atoms with Gasteiger partial charge in [-0.1, -0.05) is 18.3 Å². The summed E-state index contributed by atoms with van der Waals surface area (Å²) in [7, 11) is 1.63. The van der Waals surface area contributed by atoms with E-state index in [2.05, 4.69) is 17.2 Å². The first-order valence-corrected chi connectivity index (χ1v) is 7.31. The average molecular weight is 292 g/mol. The molecule has 0 amide bonds. The van der Waals surface area contributed by atoms with Gasteiger partial charge in [-0.15, -0.1) is 0 Å². The predicted molar refractivity (Wildman–Crippen MR) is 79.0 cm³/mol. The lowest BCUT2D eigenvalue weighted by atomic mass is 10.1. The summed E-state index contributed by atoms with van der Waals surface area (Å²) >= 11 is 1.62. The lowest BCUT2D eigenvalue weighted by Gasteiger charge is -2.06. The normalized spacial score (nSPS) is 12.5. The second kappa shape index (κ2) is 5.58. The molecule has 3 rings (SSSR count). The molecule has 2 heterocycles. The first kappa shape index (κ1) is 13.1. The Balaban J connectivity index is 1.92. The van der Waals surface area contributed by atoms with Crippen LogP contribution in [0.25, 0.3) is 10.4 Å². The van der Waals surface area contributed by atoms with E-state index in [1.165, 1.54) is 0 Å². The maximum Gasteiger partial charge on any atom is 0.231 e. The summed E-state index contributed by atoms with van der Waals surface area (Å²) in [5, 5.41) is 4.21. The van der Waals surface area contributed by atoms with Gasteiger partial charge in [-0.2, -0.15) is 0 Å². The van der Waals surface area contributed by atoms with Gasteiger partial charge in [-0.3, -0.25) is 0 Å². The largest absolute Gasteiger partial charge is 0.493 e. The van der Waals surface area contributed by atoms with Crippen molar-refractivity contribution in [1.82, 2.24) is 4.98 Å². The third kappa shape index (κ3) is 2.38. The van der Waals surface area contributed by atoms with Gasteiger partial charge in [-0.25, -0.2) is 4.98 Å². The molecule has 6 heteroatoms. The Bertz CT molecular complexity index is 612. The highest BCUT2D eigenvalue weighted by molar-refractivity contribution is 7.18. The standard InChI is InChI=1S/C14H16N2O3S/c1-3-4-15-14-16-7-12(20-14)9-5-10(17-2)13-11(6-9)18-8-19-13/h5-7H,3-4,8H2,1-2H3,(H,15,16). The summed E-state index contributed by atoms with van der Waals surface area (Å²) in [6.45, 7) is 3.29. The van der Waals surface area contributed by atoms with Crippen molar-refractivity contribution in [2.75, 3.05) is 25.8 Å². The minimum absolute atomic E-state index is 0.237. The highest BCUT2D eigenvalue weighted by atomic mass is 32.1. The van der Waals surface area contributed by atoms with Crippen molar-refractivity contribution in [3.8, 4) is 27.7 Å². The van der Waals surface area contributed by atoms with Crippen molar-refractivity contribution < 1.29 is 14.2 Å². The summed E-state index contributed by atoms with van der Waals surface area (Å²) in [5.41, 5.74) is 1.02. The number of benzene rings is 1. The number of aromatic nitrogens is 1. The van der Waals surface area contributed by atoms with Gasteiger partial charge in [-0.05, 0) is 18.6 Å². The molecule has 1 aliphatic heterocycles. The minimum atomic E-state index is 0.237. The van der Waals surface area contributed by atoms with Crippen molar-refractivity contribution >= 4 is 16.5 Å². The van der Waals surface area contributed by atoms with Crippen molar-refractivity contribution in [3.05, 3.63) is 18.3 Å². The smallest absolute Gasteiger partial charge is 0.231 e. The van der Waals surface area contributed by atoms with Gasteiger partial charge < -0.3 is 19.5 Å². The topological polar surface area (TPSA) is 52.6 Å². The lowest BCUT2D eigenvalue weighted by molar-refractivity contribution is 0.171. The van der Waals surface area contributed by atoms with Crippen LogP contribution in [0.1, 0.15) is 13.3 Å². The number of thiazole rings is 1. The van der Waals surface area contributed by atoms with Gasteiger partial charge in [0.15, 0.2) is 16.6 Å². The van der Waals surface area contributed by atoms with E-state index in [1.54, 1.807) is 18.4 Å². The van der Waals surface area contributed by atoms with Crippen LogP contribution in [0, 0.1) is 0 Å². The molecule has 1 N–H and O–H groups in total. The fourth-order valence-electron chi connectivity index (χ4n) is 1.99. The molecule has 0 fully saturated rings. The SMILES string of the molecule is CCCNc1ncc(-c2cc(OC)c3c(c2)OCO3)s1. The zero-order valence-corrected chi connectivity index (χ0v) is 12.3. The summed E-state index contributed by atoms with van der Waals surface area (Å²) in [5.74, 6) is 2.08. The first-order valence-electron chi connectivity index (χ1n) is 6.49. The molecule has 0 spiro atoms. The van der Waals surface area contributed by atoms with Crippen LogP contribution < -0.4 is 19.5 Å². The maximum absolute atomic E-state index is 5.44. The maximum atomic E-state index is 5.44. The molecule has 0 unspecified atom stereocenters. The van der Waals surface area contributed by atoms with E-state index < -0.39 is 0 Å². The van der Waals surface area contributed by atoms with E-state index in [0.717, 1.165) is 34.3 Å². The molecule has 1 aromatic heterocycles. The zero-order chi connectivity index (χ0) is 13.9. The molecule has 1 aliphatic rings. The monoisotopic (exact) mass is 292 g/mol. The first-order chi connectivity index (χ1) is 9.81. The van der Waals surface area contributed by atoms with Crippen molar-refractivity contribution in [2.24, 2.45) is 0 Å². The van der Waals surface area contributed by atoms with Gasteiger partial charge in [0.05, 0.1) is 12.0 Å². The van der Waals surface area contributed by atoms with Crippen LogP contribution in [-0.4, -0.2) is 25.4 Å². The molecule has 0 saturated carbocycles. The quantitative estimate of drug-likeness (QED) is 0.915. The van der Waals surface area contributed by atoms with Crippen LogP contribution >= 0.6 is 11.3 Å². The Hall–Kier alpha value is -1.95. The fraction of sp³-hybridized carbons (Fsp3) is 0.357. The predicted octanol–water partition coefficient (Wildman–Crippen LogP) is 3.37. The molecule has 5 nitrogen and oxygen atoms in total. The van der Waals surface area contributed by atoms with Gasteiger partial charge in [0.1, 0.15) is 0 Å². The summed E-state index contributed by atoms with van der Waals surface area (Å²) in [6, 6.07) is 3.91. The van der Waals surface area contributed by atoms with Crippen molar-refractivity contribution in [2.45, 2.75) is 13.3 Å². The summed E-state index contributed by atoms with van der Waals surface area (Å²) in [6.07, 6.45) is 2.94. The van der Waals surface area contributed by atoms with Gasteiger partial charge in [0.2, 0.25) is 12.5 Å². The Kier molecular flexibility index (Phi) is 3.64. The number of nitrogens with zero attached hydrogens (tertiary/aromatic N) is 1. The van der Waals surface area contributed by atoms with E-state index in [0.29, 0.717) is 11.5 Å². The molecule has 20 heavy (non-hydrogen) atoms. The molecule has 0 radical (unpaired) electrons. The van der Waals surface area contributed by atoms with Gasteiger partial charge >= 0.3 is 0 Å². The average Bonchev–Trinajstić information content (AvgIpc) is 3.12. The highest BCUT2D eigenvalue weighted by Gasteiger charge is 2.21. The second-order valence-electron chi connectivity index (χ2n) is 4.37. The third-order valence-electron chi connectivity index (χ3n) is 2.97. The molecule has 0 bridgehead atoms. The van der Waals surface area contributed by atoms with E-state index in [4.69, 9.17) is 14.2 Å². The Morgan fingerprint density at radius 2 is 2.30 bits per heavy atom.